The molecule has 18 nitrogen and oxygen atoms in total. The highest BCUT2D eigenvalue weighted by atomic mass is 16.8. The lowest BCUT2D eigenvalue weighted by Crippen LogP contribution is -2.34. The van der Waals surface area contributed by atoms with Crippen LogP contribution in [0.5, 0.6) is 0 Å². The quantitative estimate of drug-likeness (QED) is 0.0143. The number of nitrogens with one attached hydrogen (secondary N) is 1. The monoisotopic (exact) mass is 936 g/mol. The van der Waals surface area contributed by atoms with Crippen LogP contribution in [-0.2, 0) is 42.1 Å². The zero-order chi connectivity index (χ0) is 50.3. The summed E-state index contributed by atoms with van der Waals surface area (Å²) in [5.74, 6) is -0.803. The van der Waals surface area contributed by atoms with Gasteiger partial charge < -0.3 is 44.8 Å². The number of pyridine rings is 1. The van der Waals surface area contributed by atoms with Crippen molar-refractivity contribution in [2.75, 3.05) is 30.5 Å². The number of hydrogen-bond acceptors (Lipinski definition) is 13. The molecule has 370 valence electrons. The molecule has 0 aliphatic rings. The number of unbranched alkanes of at least 4 members (excludes halogenated alkanes) is 3. The van der Waals surface area contributed by atoms with Gasteiger partial charge in [0.2, 0.25) is 6.29 Å². The number of benzene rings is 2. The van der Waals surface area contributed by atoms with Crippen LogP contribution in [0.1, 0.15) is 135 Å². The summed E-state index contributed by atoms with van der Waals surface area (Å²) in [6, 6.07) is 17.5. The number of fused-ring (bicyclic) bond motifs is 1. The standard InChI is InChI=1S/C41H53N7O8.C5H10O2.C2H6.CH4O/c1-6-9-10-13-25-53-40(51)46-38(42)29-16-19-31(20-17-29)44-27-36-45-33-26-30(18-21-34(33)47(36)5)39(50)48(35-15-11-12-23-43-35)24-22-37(49)54-28(4)55-41(52)56-32(8-3)14-7-2;1-3-4(2)5(6)7;2*1-2/h11-12,15-21,23,26,28,32,44H,6-10,13-14,22,24-25,27H2,1-5H3,(H2,42,46,51);4H,3H2,1-2H3,(H,6,7);1-2H3;2H,1H3. The number of nitrogens with two attached hydrogens (primary N) is 1. The summed E-state index contributed by atoms with van der Waals surface area (Å²) < 4.78 is 22.8. The topological polar surface area (TPSA) is 247 Å². The highest BCUT2D eigenvalue weighted by Crippen LogP contribution is 2.22. The molecular formula is C49H73N7O11. The van der Waals surface area contributed by atoms with Gasteiger partial charge in [0.15, 0.2) is 0 Å². The number of aryl methyl sites for hydroxylation is 1. The summed E-state index contributed by atoms with van der Waals surface area (Å²) >= 11 is 0. The first-order valence-electron chi connectivity index (χ1n) is 23.0. The van der Waals surface area contributed by atoms with E-state index in [4.69, 9.17) is 39.9 Å². The molecule has 2 aromatic carbocycles. The number of rotatable bonds is 22. The minimum atomic E-state index is -1.18. The maximum atomic E-state index is 13.9. The molecule has 0 saturated heterocycles. The van der Waals surface area contributed by atoms with E-state index in [-0.39, 0.29) is 36.7 Å². The Kier molecular flexibility index (Phi) is 28.8. The fourth-order valence-electron chi connectivity index (χ4n) is 5.97. The molecular weight excluding hydrogens is 863 g/mol. The molecule has 2 aromatic heterocycles. The summed E-state index contributed by atoms with van der Waals surface area (Å²) in [7, 11) is 2.89. The second-order valence-corrected chi connectivity index (χ2v) is 14.8. The third-order valence-corrected chi connectivity index (χ3v) is 9.92. The Bertz CT molecular complexity index is 2110. The van der Waals surface area contributed by atoms with Crippen molar-refractivity contribution < 1.29 is 53.1 Å². The van der Waals surface area contributed by atoms with Gasteiger partial charge in [-0.25, -0.2) is 19.6 Å². The van der Waals surface area contributed by atoms with Crippen molar-refractivity contribution in [2.45, 2.75) is 132 Å². The molecule has 0 radical (unpaired) electrons. The van der Waals surface area contributed by atoms with Crippen LogP contribution in [0, 0.1) is 5.92 Å². The molecule has 3 unspecified atom stereocenters. The zero-order valence-electron chi connectivity index (χ0n) is 41.0. The van der Waals surface area contributed by atoms with E-state index >= 15 is 0 Å². The fraction of sp³-hybridized carbons (Fsp3) is 0.510. The highest BCUT2D eigenvalue weighted by molar-refractivity contribution is 6.07. The summed E-state index contributed by atoms with van der Waals surface area (Å²) in [5.41, 5.74) is 9.19. The van der Waals surface area contributed by atoms with Gasteiger partial charge in [-0.05, 0) is 80.3 Å². The second kappa shape index (κ2) is 33.0. The first-order valence-corrected chi connectivity index (χ1v) is 23.0. The van der Waals surface area contributed by atoms with E-state index in [9.17, 15) is 24.0 Å². The minimum absolute atomic E-state index is 0.0464. The van der Waals surface area contributed by atoms with E-state index in [1.807, 2.05) is 64.4 Å². The number of aliphatic imine (C=N–C) groups is 1. The van der Waals surface area contributed by atoms with E-state index < -0.39 is 30.5 Å². The zero-order valence-corrected chi connectivity index (χ0v) is 41.0. The Hall–Kier alpha value is -6.56. The molecule has 5 N–H and O–H groups in total. The SMILES string of the molecule is CC.CCC(C)C(=O)O.CCCCCCOC(=O)/N=C(\N)c1ccc(NCc2nc3cc(C(=O)N(CCC(=O)OC(C)OC(=O)OC(CC)CCC)c4ccccn4)ccc3n2C)cc1.CO. The van der Waals surface area contributed by atoms with Crippen LogP contribution in [0.25, 0.3) is 11.0 Å². The summed E-state index contributed by atoms with van der Waals surface area (Å²) in [6.45, 7) is 15.6. The molecule has 4 aromatic rings. The number of ether oxygens (including phenoxy) is 4. The number of carbonyl (C=O) groups is 5. The van der Waals surface area contributed by atoms with E-state index in [2.05, 4.69) is 22.2 Å². The predicted octanol–water partition coefficient (Wildman–Crippen LogP) is 9.41. The van der Waals surface area contributed by atoms with Gasteiger partial charge in [-0.15, -0.1) is 0 Å². The number of carboxylic acids is 1. The number of amides is 2. The van der Waals surface area contributed by atoms with Crippen molar-refractivity contribution in [1.29, 1.82) is 0 Å². The summed E-state index contributed by atoms with van der Waals surface area (Å²) in [5, 5.41) is 18.5. The van der Waals surface area contributed by atoms with Crippen molar-refractivity contribution >= 4 is 58.5 Å². The molecule has 0 bridgehead atoms. The predicted molar refractivity (Wildman–Crippen MR) is 260 cm³/mol. The Balaban J connectivity index is 0.00000184. The van der Waals surface area contributed by atoms with Crippen molar-refractivity contribution in [3.05, 3.63) is 83.8 Å². The van der Waals surface area contributed by atoms with Crippen LogP contribution in [0.4, 0.5) is 21.1 Å². The molecule has 0 aliphatic carbocycles. The average molecular weight is 936 g/mol. The van der Waals surface area contributed by atoms with E-state index in [1.54, 1.807) is 55.6 Å². The number of aliphatic hydroxyl groups excluding tert-OH is 1. The molecule has 3 atom stereocenters. The molecule has 0 aliphatic heterocycles. The number of carbonyl (C=O) groups excluding carboxylic acids is 4. The average Bonchev–Trinajstić information content (AvgIpc) is 3.65. The third kappa shape index (κ3) is 21.1. The normalized spacial score (nSPS) is 12.0. The molecule has 67 heavy (non-hydrogen) atoms. The van der Waals surface area contributed by atoms with Crippen LogP contribution in [0.3, 0.4) is 0 Å². The van der Waals surface area contributed by atoms with Crippen molar-refractivity contribution in [2.24, 2.45) is 23.7 Å². The lowest BCUT2D eigenvalue weighted by molar-refractivity contribution is -0.168. The molecule has 2 amide bonds. The van der Waals surface area contributed by atoms with E-state index in [0.29, 0.717) is 48.5 Å². The summed E-state index contributed by atoms with van der Waals surface area (Å²) in [6.07, 6.45) is 5.20. The molecule has 0 saturated carbocycles. The number of esters is 1. The number of aliphatic hydroxyl groups is 1. The lowest BCUT2D eigenvalue weighted by atomic mass is 10.1. The molecule has 0 spiro atoms. The molecule has 2 heterocycles. The number of anilines is 2. The Morgan fingerprint density at radius 2 is 1.55 bits per heavy atom. The van der Waals surface area contributed by atoms with Gasteiger partial charge in [0.25, 0.3) is 5.91 Å². The largest absolute Gasteiger partial charge is 0.511 e. The van der Waals surface area contributed by atoms with Gasteiger partial charge >= 0.3 is 24.2 Å². The van der Waals surface area contributed by atoms with Gasteiger partial charge in [0.1, 0.15) is 23.6 Å². The number of carboxylic acid groups (broad SMARTS) is 1. The van der Waals surface area contributed by atoms with Crippen LogP contribution in [0.15, 0.2) is 71.9 Å². The van der Waals surface area contributed by atoms with Gasteiger partial charge in [0.05, 0.1) is 36.5 Å². The molecule has 18 heteroatoms. The molecule has 0 fully saturated rings. The van der Waals surface area contributed by atoms with E-state index in [1.165, 1.54) is 11.8 Å². The van der Waals surface area contributed by atoms with Crippen LogP contribution in [-0.4, -0.2) is 93.3 Å². The lowest BCUT2D eigenvalue weighted by Gasteiger charge is -2.22. The van der Waals surface area contributed by atoms with Gasteiger partial charge in [-0.3, -0.25) is 19.3 Å². The van der Waals surface area contributed by atoms with Crippen LogP contribution >= 0.6 is 0 Å². The van der Waals surface area contributed by atoms with E-state index in [0.717, 1.165) is 62.7 Å². The van der Waals surface area contributed by atoms with Crippen molar-refractivity contribution in [1.82, 2.24) is 14.5 Å². The number of nitrogens with zero attached hydrogens (tertiary/aromatic N) is 5. The number of amidine groups is 1. The van der Waals surface area contributed by atoms with Crippen molar-refractivity contribution in [3.63, 3.8) is 0 Å². The Labute approximate surface area is 395 Å². The first kappa shape index (κ1) is 58.5. The number of aromatic nitrogens is 3. The maximum Gasteiger partial charge on any atom is 0.511 e. The third-order valence-electron chi connectivity index (χ3n) is 9.92. The Morgan fingerprint density at radius 3 is 2.13 bits per heavy atom. The number of imidazole rings is 1. The Morgan fingerprint density at radius 1 is 0.866 bits per heavy atom. The number of hydrogen-bond donors (Lipinski definition) is 4. The summed E-state index contributed by atoms with van der Waals surface area (Å²) in [4.78, 5) is 75.2. The van der Waals surface area contributed by atoms with Gasteiger partial charge in [0, 0.05) is 50.6 Å². The first-order chi connectivity index (χ1) is 32.2. The fourth-order valence-corrected chi connectivity index (χ4v) is 5.97. The second-order valence-electron chi connectivity index (χ2n) is 14.8. The van der Waals surface area contributed by atoms with Gasteiger partial charge in [-0.2, -0.15) is 4.99 Å². The number of aliphatic carboxylic acids is 1. The maximum absolute atomic E-state index is 13.9. The van der Waals surface area contributed by atoms with Gasteiger partial charge in [-0.1, -0.05) is 80.2 Å². The van der Waals surface area contributed by atoms with Crippen LogP contribution in [0.2, 0.25) is 0 Å². The highest BCUT2D eigenvalue weighted by Gasteiger charge is 2.24. The van der Waals surface area contributed by atoms with Crippen LogP contribution < -0.4 is 16.0 Å². The van der Waals surface area contributed by atoms with Crippen molar-refractivity contribution in [3.8, 4) is 0 Å². The smallest absolute Gasteiger partial charge is 0.481 e. The molecule has 4 rings (SSSR count). The minimum Gasteiger partial charge on any atom is -0.481 e.